The quantitative estimate of drug-likeness (QED) is 0.584. The van der Waals surface area contributed by atoms with Crippen LogP contribution in [-0.2, 0) is 38.9 Å². The highest BCUT2D eigenvalue weighted by atomic mass is 17.0. The zero-order valence-electron chi connectivity index (χ0n) is 19.6. The van der Waals surface area contributed by atoms with Crippen LogP contribution in [0.5, 0.6) is 0 Å². The van der Waals surface area contributed by atoms with E-state index < -0.39 is 42.4 Å². The molecule has 184 valence electrons. The van der Waals surface area contributed by atoms with Crippen LogP contribution in [-0.4, -0.2) is 54.4 Å². The van der Waals surface area contributed by atoms with Crippen LogP contribution in [0.2, 0.25) is 0 Å². The summed E-state index contributed by atoms with van der Waals surface area (Å²) in [6, 6.07) is 20.4. The van der Waals surface area contributed by atoms with Crippen LogP contribution in [0, 0.1) is 5.92 Å². The first-order chi connectivity index (χ1) is 17.1. The van der Waals surface area contributed by atoms with E-state index in [-0.39, 0.29) is 18.1 Å². The molecule has 8 heteroatoms. The van der Waals surface area contributed by atoms with Gasteiger partial charge in [-0.25, -0.2) is 9.63 Å². The first kappa shape index (κ1) is 22.7. The van der Waals surface area contributed by atoms with Crippen molar-refractivity contribution in [3.05, 3.63) is 71.8 Å². The summed E-state index contributed by atoms with van der Waals surface area (Å²) in [5.41, 5.74) is 2.08. The Labute approximate surface area is 203 Å². The molecule has 0 radical (unpaired) electrons. The maximum atomic E-state index is 12.6. The molecule has 1 saturated carbocycles. The maximum Gasteiger partial charge on any atom is 0.338 e. The van der Waals surface area contributed by atoms with E-state index in [0.29, 0.717) is 6.42 Å². The second kappa shape index (κ2) is 9.02. The van der Waals surface area contributed by atoms with Gasteiger partial charge in [0.15, 0.2) is 12.4 Å². The van der Waals surface area contributed by atoms with E-state index in [1.54, 1.807) is 6.92 Å². The van der Waals surface area contributed by atoms with Gasteiger partial charge >= 0.3 is 11.9 Å². The zero-order valence-corrected chi connectivity index (χ0v) is 19.6. The van der Waals surface area contributed by atoms with Gasteiger partial charge in [0.05, 0.1) is 12.7 Å². The standard InChI is InChI=1S/C27H29NO7/c1-2-31-26(30)24-22-23-19(32-25(22)29)16-21(34-28(23)35-24)33-20-14-9-15-27(20,17-10-5-3-6-11-17)18-12-7-4-8-13-18/h3-8,10-13,19-24H,2,9,14-16H2,1H3/t19-,20?,21+,22-,23?,24-/m1/s1. The number of carbonyl (C=O) groups is 2. The molecule has 35 heavy (non-hydrogen) atoms. The predicted molar refractivity (Wildman–Crippen MR) is 122 cm³/mol. The summed E-state index contributed by atoms with van der Waals surface area (Å²) in [6.07, 6.45) is 0.821. The van der Waals surface area contributed by atoms with Crippen molar-refractivity contribution in [2.45, 2.75) is 68.7 Å². The predicted octanol–water partition coefficient (Wildman–Crippen LogP) is 3.29. The van der Waals surface area contributed by atoms with E-state index in [0.717, 1.165) is 19.3 Å². The molecule has 2 aromatic carbocycles. The van der Waals surface area contributed by atoms with Crippen LogP contribution < -0.4 is 0 Å². The molecule has 4 fully saturated rings. The van der Waals surface area contributed by atoms with E-state index >= 15 is 0 Å². The molecule has 2 unspecified atom stereocenters. The fourth-order valence-corrected chi connectivity index (χ4v) is 6.25. The molecule has 3 heterocycles. The zero-order chi connectivity index (χ0) is 24.0. The lowest BCUT2D eigenvalue weighted by atomic mass is 9.71. The molecule has 6 atom stereocenters. The van der Waals surface area contributed by atoms with Crippen LogP contribution in [0.15, 0.2) is 60.7 Å². The largest absolute Gasteiger partial charge is 0.464 e. The van der Waals surface area contributed by atoms with Gasteiger partial charge in [0.2, 0.25) is 0 Å². The minimum atomic E-state index is -1.07. The normalized spacial score (nSPS) is 33.3. The molecule has 0 N–H and O–H groups in total. The van der Waals surface area contributed by atoms with E-state index in [9.17, 15) is 9.59 Å². The highest BCUT2D eigenvalue weighted by molar-refractivity contribution is 5.86. The van der Waals surface area contributed by atoms with Crippen LogP contribution in [0.25, 0.3) is 0 Å². The summed E-state index contributed by atoms with van der Waals surface area (Å²) in [6.45, 7) is 1.91. The summed E-state index contributed by atoms with van der Waals surface area (Å²) in [7, 11) is 0. The van der Waals surface area contributed by atoms with Crippen molar-refractivity contribution in [2.75, 3.05) is 6.61 Å². The lowest BCUT2D eigenvalue weighted by Crippen LogP contribution is -2.50. The average Bonchev–Trinajstić information content (AvgIpc) is 3.57. The van der Waals surface area contributed by atoms with Crippen LogP contribution in [0.1, 0.15) is 43.7 Å². The fraction of sp³-hybridized carbons (Fsp3) is 0.481. The smallest absolute Gasteiger partial charge is 0.338 e. The Kier molecular flexibility index (Phi) is 5.84. The van der Waals surface area contributed by atoms with Crippen molar-refractivity contribution in [1.29, 1.82) is 0 Å². The molecule has 1 aliphatic carbocycles. The van der Waals surface area contributed by atoms with Crippen molar-refractivity contribution >= 4 is 11.9 Å². The van der Waals surface area contributed by atoms with Crippen molar-refractivity contribution < 1.29 is 33.5 Å². The Morgan fingerprint density at radius 3 is 2.40 bits per heavy atom. The molecule has 0 bridgehead atoms. The van der Waals surface area contributed by atoms with E-state index in [1.165, 1.54) is 16.4 Å². The number of hydroxylamine groups is 2. The van der Waals surface area contributed by atoms with Gasteiger partial charge in [0.1, 0.15) is 18.1 Å². The maximum absolute atomic E-state index is 12.6. The summed E-state index contributed by atoms with van der Waals surface area (Å²) >= 11 is 0. The van der Waals surface area contributed by atoms with Crippen LogP contribution >= 0.6 is 0 Å². The molecule has 6 rings (SSSR count). The third-order valence-electron chi connectivity index (χ3n) is 7.72. The van der Waals surface area contributed by atoms with Gasteiger partial charge in [-0.1, -0.05) is 65.9 Å². The number of esters is 2. The number of hydrogen-bond donors (Lipinski definition) is 0. The van der Waals surface area contributed by atoms with Crippen molar-refractivity contribution in [3.8, 4) is 0 Å². The van der Waals surface area contributed by atoms with Crippen LogP contribution in [0.4, 0.5) is 0 Å². The lowest BCUT2D eigenvalue weighted by Gasteiger charge is -2.41. The highest BCUT2D eigenvalue weighted by Gasteiger charge is 2.64. The molecular formula is C27H29NO7. The highest BCUT2D eigenvalue weighted by Crippen LogP contribution is 2.50. The molecule has 4 aliphatic rings. The fourth-order valence-electron chi connectivity index (χ4n) is 6.25. The number of carbonyl (C=O) groups excluding carboxylic acids is 2. The molecule has 0 amide bonds. The molecule has 2 aromatic rings. The second-order valence-corrected chi connectivity index (χ2v) is 9.55. The molecule has 0 spiro atoms. The molecule has 0 aromatic heterocycles. The van der Waals surface area contributed by atoms with Crippen molar-refractivity contribution in [3.63, 3.8) is 0 Å². The molecule has 3 aliphatic heterocycles. The SMILES string of the molecule is CCOC(=O)[C@@H]1ON2O[C@H](OC3CCCC3(c3ccccc3)c3ccccc3)C[C@H]3OC(=O)[C@@H]1C32. The number of hydrogen-bond acceptors (Lipinski definition) is 8. The summed E-state index contributed by atoms with van der Waals surface area (Å²) in [5, 5.41) is 1.25. The number of ether oxygens (including phenoxy) is 3. The van der Waals surface area contributed by atoms with Gasteiger partial charge in [0.25, 0.3) is 0 Å². The topological polar surface area (TPSA) is 83.5 Å². The van der Waals surface area contributed by atoms with Gasteiger partial charge in [0, 0.05) is 11.8 Å². The van der Waals surface area contributed by atoms with Gasteiger partial charge in [-0.05, 0) is 37.3 Å². The Hall–Kier alpha value is -2.78. The third-order valence-corrected chi connectivity index (χ3v) is 7.72. The minimum Gasteiger partial charge on any atom is -0.464 e. The van der Waals surface area contributed by atoms with E-state index in [1.807, 2.05) is 12.1 Å². The Morgan fingerprint density at radius 2 is 1.74 bits per heavy atom. The lowest BCUT2D eigenvalue weighted by molar-refractivity contribution is -0.446. The third kappa shape index (κ3) is 3.67. The molecule has 3 saturated heterocycles. The van der Waals surface area contributed by atoms with E-state index in [2.05, 4.69) is 48.5 Å². The number of benzene rings is 2. The van der Waals surface area contributed by atoms with Crippen molar-refractivity contribution in [1.82, 2.24) is 5.23 Å². The molecule has 8 nitrogen and oxygen atoms in total. The van der Waals surface area contributed by atoms with Gasteiger partial charge in [-0.2, -0.15) is 0 Å². The first-order valence-corrected chi connectivity index (χ1v) is 12.4. The van der Waals surface area contributed by atoms with Gasteiger partial charge in [-0.3, -0.25) is 9.63 Å². The first-order valence-electron chi connectivity index (χ1n) is 12.4. The minimum absolute atomic E-state index is 0.148. The summed E-state index contributed by atoms with van der Waals surface area (Å²) in [4.78, 5) is 36.9. The second-order valence-electron chi connectivity index (χ2n) is 9.55. The Balaban J connectivity index is 1.27. The van der Waals surface area contributed by atoms with E-state index in [4.69, 9.17) is 23.9 Å². The summed E-state index contributed by atoms with van der Waals surface area (Å²) in [5.74, 6) is -1.82. The van der Waals surface area contributed by atoms with Crippen LogP contribution in [0.3, 0.4) is 0 Å². The van der Waals surface area contributed by atoms with Crippen molar-refractivity contribution in [2.24, 2.45) is 5.92 Å². The summed E-state index contributed by atoms with van der Waals surface area (Å²) < 4.78 is 17.4. The number of rotatable bonds is 6. The van der Waals surface area contributed by atoms with Gasteiger partial charge < -0.3 is 14.2 Å². The monoisotopic (exact) mass is 479 g/mol. The number of nitrogens with zero attached hydrogens (tertiary/aromatic N) is 1. The molecular weight excluding hydrogens is 450 g/mol. The Morgan fingerprint density at radius 1 is 1.06 bits per heavy atom. The average molecular weight is 480 g/mol. The Bertz CT molecular complexity index is 1040. The van der Waals surface area contributed by atoms with Gasteiger partial charge in [-0.15, -0.1) is 0 Å².